The van der Waals surface area contributed by atoms with Crippen molar-refractivity contribution < 1.29 is 24.1 Å². The maximum Gasteiger partial charge on any atom is 0.223 e. The summed E-state index contributed by atoms with van der Waals surface area (Å²) < 4.78 is 16.5. The summed E-state index contributed by atoms with van der Waals surface area (Å²) in [5.74, 6) is 1.80. The van der Waals surface area contributed by atoms with Gasteiger partial charge in [0.1, 0.15) is 0 Å². The number of aliphatic hydroxyl groups is 1. The Bertz CT molecular complexity index is 954. The molecule has 0 bridgehead atoms. The van der Waals surface area contributed by atoms with E-state index < -0.39 is 12.1 Å². The van der Waals surface area contributed by atoms with Crippen molar-refractivity contribution in [1.82, 2.24) is 10.3 Å². The Labute approximate surface area is 238 Å². The zero-order valence-corrected chi connectivity index (χ0v) is 25.3. The van der Waals surface area contributed by atoms with Crippen molar-refractivity contribution in [2.24, 2.45) is 29.4 Å². The van der Waals surface area contributed by atoms with Crippen molar-refractivity contribution in [3.63, 3.8) is 0 Å². The Morgan fingerprint density at radius 3 is 2.49 bits per heavy atom. The topological polar surface area (TPSA) is 116 Å². The lowest BCUT2D eigenvalue weighted by Gasteiger charge is -2.30. The molecule has 0 radical (unpaired) electrons. The third kappa shape index (κ3) is 11.4. The first-order valence-electron chi connectivity index (χ1n) is 14.0. The summed E-state index contributed by atoms with van der Waals surface area (Å²) >= 11 is 1.58. The fourth-order valence-corrected chi connectivity index (χ4v) is 5.28. The molecule has 0 aliphatic rings. The molecule has 0 fully saturated rings. The fourth-order valence-electron chi connectivity index (χ4n) is 4.66. The minimum Gasteiger partial charge on any atom is -0.493 e. The molecular formula is C30H49N3O5S. The number of nitrogens with zero attached hydrogens (tertiary/aromatic N) is 1. The Balaban J connectivity index is 1.97. The largest absolute Gasteiger partial charge is 0.493 e. The lowest BCUT2D eigenvalue weighted by atomic mass is 9.81. The Morgan fingerprint density at radius 2 is 1.87 bits per heavy atom. The quantitative estimate of drug-likeness (QED) is 0.216. The third-order valence-electron chi connectivity index (χ3n) is 7.25. The van der Waals surface area contributed by atoms with Crippen LogP contribution in [0, 0.1) is 23.7 Å². The molecule has 0 aliphatic carbocycles. The molecule has 8 nitrogen and oxygen atoms in total. The van der Waals surface area contributed by atoms with E-state index >= 15 is 0 Å². The molecule has 4 atom stereocenters. The van der Waals surface area contributed by atoms with Crippen molar-refractivity contribution >= 4 is 17.2 Å². The fraction of sp³-hybridized carbons (Fsp3) is 0.667. The van der Waals surface area contributed by atoms with E-state index in [0.29, 0.717) is 50.7 Å². The minimum atomic E-state index is -0.765. The smallest absolute Gasteiger partial charge is 0.223 e. The average Bonchev–Trinajstić information content (AvgIpc) is 3.42. The van der Waals surface area contributed by atoms with Crippen LogP contribution in [0.4, 0.5) is 0 Å². The number of rotatable bonds is 19. The van der Waals surface area contributed by atoms with Gasteiger partial charge in [-0.15, -0.1) is 11.3 Å². The molecule has 0 saturated carbocycles. The molecule has 1 aromatic carbocycles. The standard InChI is InChI=1S/C30H49N3O5S/c1-20(2)23(16-22-8-9-27(37-6)28(17-22)38-14-7-13-36-5)18-25(31)26(34)19-24(21(3)4)30(35)33-11-10-29-32-12-15-39-29/h8-9,12,15,17,20-21,23-26,34H,7,10-11,13-14,16,18-19,31H2,1-6H3,(H,33,35)/t23-,24-,25-,26-/m0/s1. The van der Waals surface area contributed by atoms with Crippen LogP contribution in [0.2, 0.25) is 0 Å². The van der Waals surface area contributed by atoms with E-state index in [0.717, 1.165) is 29.2 Å². The predicted molar refractivity (Wildman–Crippen MR) is 157 cm³/mol. The normalized spacial score (nSPS) is 14.7. The van der Waals surface area contributed by atoms with Gasteiger partial charge in [0, 0.05) is 56.6 Å². The van der Waals surface area contributed by atoms with E-state index in [4.69, 9.17) is 19.9 Å². The van der Waals surface area contributed by atoms with Gasteiger partial charge in [-0.05, 0) is 54.7 Å². The van der Waals surface area contributed by atoms with E-state index in [1.807, 2.05) is 31.4 Å². The summed E-state index contributed by atoms with van der Waals surface area (Å²) in [7, 11) is 3.32. The number of benzene rings is 1. The Morgan fingerprint density at radius 1 is 1.10 bits per heavy atom. The molecule has 4 N–H and O–H groups in total. The molecule has 220 valence electrons. The molecule has 2 aromatic rings. The van der Waals surface area contributed by atoms with E-state index in [9.17, 15) is 9.90 Å². The van der Waals surface area contributed by atoms with Gasteiger partial charge in [0.15, 0.2) is 11.5 Å². The molecule has 39 heavy (non-hydrogen) atoms. The highest BCUT2D eigenvalue weighted by atomic mass is 32.1. The van der Waals surface area contributed by atoms with Crippen LogP contribution in [0.15, 0.2) is 29.8 Å². The van der Waals surface area contributed by atoms with Gasteiger partial charge in [-0.2, -0.15) is 0 Å². The van der Waals surface area contributed by atoms with Gasteiger partial charge in [0.25, 0.3) is 0 Å². The van der Waals surface area contributed by atoms with Crippen LogP contribution >= 0.6 is 11.3 Å². The molecule has 0 unspecified atom stereocenters. The van der Waals surface area contributed by atoms with Crippen molar-refractivity contribution in [1.29, 1.82) is 0 Å². The first-order chi connectivity index (χ1) is 18.7. The van der Waals surface area contributed by atoms with Crippen molar-refractivity contribution in [2.45, 2.75) is 71.9 Å². The van der Waals surface area contributed by atoms with Crippen LogP contribution in [-0.2, 0) is 22.4 Å². The summed E-state index contributed by atoms with van der Waals surface area (Å²) in [6.45, 7) is 10.1. The SMILES string of the molecule is COCCCOc1cc(C[C@@H](C[C@H](N)[C@@H](O)C[C@H](C(=O)NCCc2nccs2)C(C)C)C(C)C)ccc1OC. The summed E-state index contributed by atoms with van der Waals surface area (Å²) in [6.07, 6.45) is 4.32. The first kappa shape index (κ1) is 33.0. The highest BCUT2D eigenvalue weighted by Gasteiger charge is 2.29. The number of aliphatic hydroxyl groups excluding tert-OH is 1. The monoisotopic (exact) mass is 563 g/mol. The second kappa shape index (κ2) is 17.5. The van der Waals surface area contributed by atoms with Gasteiger partial charge in [-0.1, -0.05) is 33.8 Å². The molecule has 0 spiro atoms. The van der Waals surface area contributed by atoms with E-state index in [1.54, 1.807) is 31.8 Å². The van der Waals surface area contributed by atoms with Crippen molar-refractivity contribution in [2.75, 3.05) is 34.0 Å². The van der Waals surface area contributed by atoms with Gasteiger partial charge in [0.2, 0.25) is 5.91 Å². The molecule has 1 amide bonds. The van der Waals surface area contributed by atoms with E-state index in [-0.39, 0.29) is 23.7 Å². The van der Waals surface area contributed by atoms with Gasteiger partial charge < -0.3 is 30.4 Å². The van der Waals surface area contributed by atoms with E-state index in [1.165, 1.54) is 0 Å². The van der Waals surface area contributed by atoms with Crippen LogP contribution in [0.3, 0.4) is 0 Å². The summed E-state index contributed by atoms with van der Waals surface area (Å²) in [5, 5.41) is 17.0. The van der Waals surface area contributed by atoms with Crippen molar-refractivity contribution in [3.8, 4) is 11.5 Å². The lowest BCUT2D eigenvalue weighted by Crippen LogP contribution is -2.43. The molecule has 1 aromatic heterocycles. The number of aromatic nitrogens is 1. The molecule has 2 rings (SSSR count). The van der Waals surface area contributed by atoms with Crippen LogP contribution in [0.5, 0.6) is 11.5 Å². The summed E-state index contributed by atoms with van der Waals surface area (Å²) in [6, 6.07) is 5.61. The maximum absolute atomic E-state index is 12.9. The Kier molecular flexibility index (Phi) is 14.8. The number of thiazole rings is 1. The Hall–Kier alpha value is -2.20. The number of methoxy groups -OCH3 is 2. The second-order valence-corrected chi connectivity index (χ2v) is 11.9. The summed E-state index contributed by atoms with van der Waals surface area (Å²) in [4.78, 5) is 17.2. The zero-order chi connectivity index (χ0) is 28.8. The number of nitrogens with two attached hydrogens (primary N) is 1. The zero-order valence-electron chi connectivity index (χ0n) is 24.5. The lowest BCUT2D eigenvalue weighted by molar-refractivity contribution is -0.127. The van der Waals surface area contributed by atoms with Crippen LogP contribution < -0.4 is 20.5 Å². The number of carbonyl (C=O) groups is 1. The van der Waals surface area contributed by atoms with Gasteiger partial charge in [0.05, 0.1) is 24.8 Å². The van der Waals surface area contributed by atoms with Gasteiger partial charge >= 0.3 is 0 Å². The molecular weight excluding hydrogens is 514 g/mol. The minimum absolute atomic E-state index is 0.0375. The number of hydrogen-bond acceptors (Lipinski definition) is 8. The number of hydrogen-bond donors (Lipinski definition) is 3. The van der Waals surface area contributed by atoms with Crippen molar-refractivity contribution in [3.05, 3.63) is 40.3 Å². The predicted octanol–water partition coefficient (Wildman–Crippen LogP) is 4.48. The van der Waals surface area contributed by atoms with Crippen LogP contribution in [0.1, 0.15) is 57.5 Å². The second-order valence-electron chi connectivity index (χ2n) is 10.9. The maximum atomic E-state index is 12.9. The molecule has 1 heterocycles. The van der Waals surface area contributed by atoms with Gasteiger partial charge in [-0.3, -0.25) is 4.79 Å². The number of amides is 1. The molecule has 9 heteroatoms. The molecule has 0 saturated heterocycles. The number of ether oxygens (including phenoxy) is 3. The highest BCUT2D eigenvalue weighted by molar-refractivity contribution is 7.09. The number of nitrogens with one attached hydrogen (secondary N) is 1. The summed E-state index contributed by atoms with van der Waals surface area (Å²) in [5.41, 5.74) is 7.68. The third-order valence-corrected chi connectivity index (χ3v) is 8.09. The first-order valence-corrected chi connectivity index (χ1v) is 14.9. The van der Waals surface area contributed by atoms with Crippen LogP contribution in [0.25, 0.3) is 0 Å². The average molecular weight is 564 g/mol. The number of carbonyl (C=O) groups excluding carboxylic acids is 1. The van der Waals surface area contributed by atoms with Crippen LogP contribution in [-0.4, -0.2) is 62.1 Å². The highest BCUT2D eigenvalue weighted by Crippen LogP contribution is 2.31. The molecule has 0 aliphatic heterocycles. The van der Waals surface area contributed by atoms with E-state index in [2.05, 4.69) is 30.2 Å². The van der Waals surface area contributed by atoms with Gasteiger partial charge in [-0.25, -0.2) is 4.98 Å².